The number of hydrogen-bond acceptors (Lipinski definition) is 8. The number of amides is 2. The van der Waals surface area contributed by atoms with Crippen LogP contribution in [0, 0.1) is 19.2 Å². The molecule has 5 aromatic rings. The van der Waals surface area contributed by atoms with Crippen molar-refractivity contribution < 1.29 is 26.6 Å². The number of pyridine rings is 1. The molecule has 50 heavy (non-hydrogen) atoms. The summed E-state index contributed by atoms with van der Waals surface area (Å²) in [7, 11) is 4.64. The van der Waals surface area contributed by atoms with Crippen molar-refractivity contribution >= 4 is 28.7 Å². The van der Waals surface area contributed by atoms with Crippen LogP contribution in [-0.4, -0.2) is 67.3 Å². The smallest absolute Gasteiger partial charge is 0.481 e. The molecule has 2 saturated heterocycles. The Hall–Kier alpha value is -4.55. The molecule has 5 heterocycles. The number of fused-ring (bicyclic) bond motifs is 2. The molecular weight excluding hydrogens is 699 g/mol. The predicted octanol–water partition coefficient (Wildman–Crippen LogP) is 3.76. The van der Waals surface area contributed by atoms with Gasteiger partial charge in [-0.1, -0.05) is 42.3 Å². The number of carbonyl (C=O) groups excluding carboxylic acids is 1. The predicted molar refractivity (Wildman–Crippen MR) is 186 cm³/mol. The second kappa shape index (κ2) is 14.0. The van der Waals surface area contributed by atoms with Gasteiger partial charge in [0.15, 0.2) is 5.56 Å². The van der Waals surface area contributed by atoms with Gasteiger partial charge in [-0.2, -0.15) is 29.8 Å². The first-order valence-corrected chi connectivity index (χ1v) is 16.4. The molecule has 1 radical (unpaired) electrons. The zero-order chi connectivity index (χ0) is 34.4. The molecular formula is C36H35ClMnN8O4. The van der Waals surface area contributed by atoms with Crippen LogP contribution in [0.1, 0.15) is 35.6 Å². The summed E-state index contributed by atoms with van der Waals surface area (Å²) in [5, 5.41) is 6.97. The maximum atomic E-state index is 11.8. The van der Waals surface area contributed by atoms with Gasteiger partial charge in [0.2, 0.25) is 5.88 Å². The van der Waals surface area contributed by atoms with Crippen molar-refractivity contribution in [3.8, 4) is 28.3 Å². The van der Waals surface area contributed by atoms with Crippen LogP contribution in [0.3, 0.4) is 0 Å². The van der Waals surface area contributed by atoms with Gasteiger partial charge in [0, 0.05) is 62.2 Å². The van der Waals surface area contributed by atoms with E-state index in [2.05, 4.69) is 49.9 Å². The molecule has 3 aromatic heterocycles. The maximum Gasteiger partial charge on any atom is 2.00 e. The standard InChI is InChI=1S/C28H28ClN4O2.C8H7N4O2.Mn/c1-17-6-3-4-7-19(17)20-8-5-9-21(25(20)29)22-14-18-10-11-23(24(18)26(31-22)35-2)33-13-12-28(16-33)15-30-27(34)32-28;1-11-6-5(3-9-4-10-6)7(13)12(2)8(11)14;/h3-5,7-9,14,23H,10-13,15-16H2,1-2H3,(H2,30,32,34);4H,1-2H3;/q2*-1;+2. The molecule has 12 nitrogen and oxygen atoms in total. The second-order valence-corrected chi connectivity index (χ2v) is 13.1. The number of nitrogens with one attached hydrogen (secondary N) is 2. The number of ether oxygens (including phenoxy) is 1. The fourth-order valence-electron chi connectivity index (χ4n) is 7.25. The molecule has 2 atom stereocenters. The van der Waals surface area contributed by atoms with Crippen LogP contribution in [-0.2, 0) is 37.6 Å². The van der Waals surface area contributed by atoms with Gasteiger partial charge >= 0.3 is 28.8 Å². The summed E-state index contributed by atoms with van der Waals surface area (Å²) in [6.45, 7) is 4.51. The molecule has 257 valence electrons. The Morgan fingerprint density at radius 2 is 1.86 bits per heavy atom. The second-order valence-electron chi connectivity index (χ2n) is 12.7. The van der Waals surface area contributed by atoms with Gasteiger partial charge in [-0.25, -0.2) is 14.6 Å². The monoisotopic (exact) mass is 733 g/mol. The molecule has 2 fully saturated rings. The molecule has 2 amide bonds. The molecule has 8 rings (SSSR count). The van der Waals surface area contributed by atoms with E-state index in [1.54, 1.807) is 14.2 Å². The Labute approximate surface area is 304 Å². The van der Waals surface area contributed by atoms with Crippen molar-refractivity contribution in [2.75, 3.05) is 26.7 Å². The minimum absolute atomic E-state index is 0. The van der Waals surface area contributed by atoms with Crippen molar-refractivity contribution in [1.82, 2.24) is 39.6 Å². The Morgan fingerprint density at radius 1 is 1.08 bits per heavy atom. The topological polar surface area (TPSA) is 136 Å². The third-order valence-electron chi connectivity index (χ3n) is 9.79. The number of urea groups is 1. The van der Waals surface area contributed by atoms with Crippen LogP contribution in [0.25, 0.3) is 33.4 Å². The number of benzene rings is 2. The summed E-state index contributed by atoms with van der Waals surface area (Å²) < 4.78 is 8.14. The van der Waals surface area contributed by atoms with Gasteiger partial charge in [-0.3, -0.25) is 4.90 Å². The third kappa shape index (κ3) is 6.19. The molecule has 14 heteroatoms. The molecule has 0 saturated carbocycles. The van der Waals surface area contributed by atoms with E-state index in [-0.39, 0.29) is 40.1 Å². The average molecular weight is 734 g/mol. The van der Waals surface area contributed by atoms with Gasteiger partial charge in [-0.15, -0.1) is 5.56 Å². The largest absolute Gasteiger partial charge is 2.00 e. The Morgan fingerprint density at radius 3 is 2.60 bits per heavy atom. The Balaban J connectivity index is 0.000000242. The zero-order valence-corrected chi connectivity index (χ0v) is 29.9. The Bertz CT molecular complexity index is 2240. The summed E-state index contributed by atoms with van der Waals surface area (Å²) in [4.78, 5) is 49.7. The molecule has 2 unspecified atom stereocenters. The van der Waals surface area contributed by atoms with Gasteiger partial charge in [0.1, 0.15) is 0 Å². The first-order valence-electron chi connectivity index (χ1n) is 16.0. The zero-order valence-electron chi connectivity index (χ0n) is 28.0. The SMILES string of the molecule is COc1nc(-c2cccc(-c3ccc[c-]c3C)c2Cl)cc2c1C(N1CCC3(CNC(=O)N3)C1)CC2.Cn1c(=O)c2[c-]ncnc2n(C)c1=O.[Mn+2]. The minimum Gasteiger partial charge on any atom is -0.481 e. The number of carbonyl (C=O) groups is 1. The fourth-order valence-corrected chi connectivity index (χ4v) is 7.57. The summed E-state index contributed by atoms with van der Waals surface area (Å²) in [6, 6.07) is 17.7. The van der Waals surface area contributed by atoms with Crippen LogP contribution < -0.4 is 26.6 Å². The number of likely N-dealkylation sites (tertiary alicyclic amines) is 1. The number of methoxy groups -OCH3 is 1. The van der Waals surface area contributed by atoms with E-state index >= 15 is 0 Å². The molecule has 1 aliphatic carbocycles. The van der Waals surface area contributed by atoms with Crippen molar-refractivity contribution in [2.24, 2.45) is 14.1 Å². The van der Waals surface area contributed by atoms with Crippen molar-refractivity contribution in [3.05, 3.63) is 104 Å². The number of halogens is 1. The van der Waals surface area contributed by atoms with Gasteiger partial charge in [0.25, 0.3) is 0 Å². The van der Waals surface area contributed by atoms with E-state index in [4.69, 9.17) is 21.3 Å². The molecule has 3 aliphatic rings. The maximum absolute atomic E-state index is 11.8. The van der Waals surface area contributed by atoms with E-state index in [9.17, 15) is 14.4 Å². The molecule has 2 N–H and O–H groups in total. The van der Waals surface area contributed by atoms with Gasteiger partial charge in [0.05, 0.1) is 24.0 Å². The van der Waals surface area contributed by atoms with E-state index in [1.807, 2.05) is 37.3 Å². The molecule has 2 aromatic carbocycles. The van der Waals surface area contributed by atoms with Crippen LogP contribution in [0.15, 0.2) is 58.4 Å². The third-order valence-corrected chi connectivity index (χ3v) is 10.2. The van der Waals surface area contributed by atoms with E-state index in [1.165, 1.54) is 29.1 Å². The van der Waals surface area contributed by atoms with E-state index in [0.29, 0.717) is 23.1 Å². The molecule has 1 spiro atoms. The summed E-state index contributed by atoms with van der Waals surface area (Å²) in [5.41, 5.74) is 6.58. The van der Waals surface area contributed by atoms with Gasteiger partial charge < -0.3 is 39.3 Å². The molecule has 2 aliphatic heterocycles. The number of nitrogens with zero attached hydrogens (tertiary/aromatic N) is 6. The number of aryl methyl sites for hydroxylation is 3. The van der Waals surface area contributed by atoms with Crippen LogP contribution in [0.5, 0.6) is 5.88 Å². The number of rotatable bonds is 4. The quantitative estimate of drug-likeness (QED) is 0.211. The summed E-state index contributed by atoms with van der Waals surface area (Å²) in [6.07, 6.45) is 6.70. The van der Waals surface area contributed by atoms with Crippen molar-refractivity contribution in [3.63, 3.8) is 0 Å². The van der Waals surface area contributed by atoms with E-state index in [0.717, 1.165) is 64.9 Å². The normalized spacial score (nSPS) is 19.4. The first kappa shape index (κ1) is 35.3. The minimum atomic E-state index is -0.427. The summed E-state index contributed by atoms with van der Waals surface area (Å²) in [5.74, 6) is 0.667. The number of aromatic nitrogens is 5. The average Bonchev–Trinajstić information content (AvgIpc) is 3.84. The Kier molecular flexibility index (Phi) is 9.87. The van der Waals surface area contributed by atoms with Crippen molar-refractivity contribution in [2.45, 2.75) is 37.8 Å². The number of hydrogen-bond donors (Lipinski definition) is 2. The van der Waals surface area contributed by atoms with Crippen molar-refractivity contribution in [1.29, 1.82) is 0 Å². The van der Waals surface area contributed by atoms with Crippen LogP contribution in [0.4, 0.5) is 4.79 Å². The molecule has 0 bridgehead atoms. The van der Waals surface area contributed by atoms with E-state index < -0.39 is 11.2 Å². The van der Waals surface area contributed by atoms with Gasteiger partial charge in [-0.05, 0) is 42.5 Å². The van der Waals surface area contributed by atoms with Crippen LogP contribution in [0.2, 0.25) is 5.02 Å². The first-order chi connectivity index (χ1) is 23.6. The summed E-state index contributed by atoms with van der Waals surface area (Å²) >= 11 is 6.97. The fraction of sp³-hybridized carbons (Fsp3) is 0.333. The van der Waals surface area contributed by atoms with Crippen LogP contribution >= 0.6 is 11.6 Å².